The molecule has 4 aromatic rings. The summed E-state index contributed by atoms with van der Waals surface area (Å²) in [5, 5.41) is 3.15. The van der Waals surface area contributed by atoms with Crippen LogP contribution in [0.4, 0.5) is 11.7 Å². The first-order chi connectivity index (χ1) is 16.5. The van der Waals surface area contributed by atoms with Gasteiger partial charge in [0.05, 0.1) is 24.1 Å². The lowest BCUT2D eigenvalue weighted by Crippen LogP contribution is -2.29. The van der Waals surface area contributed by atoms with E-state index in [-0.39, 0.29) is 17.5 Å². The van der Waals surface area contributed by atoms with Gasteiger partial charge in [-0.15, -0.1) is 0 Å². The van der Waals surface area contributed by atoms with Gasteiger partial charge in [0.15, 0.2) is 5.76 Å². The number of anilines is 2. The van der Waals surface area contributed by atoms with Gasteiger partial charge in [-0.25, -0.2) is 4.98 Å². The molecule has 0 saturated heterocycles. The minimum absolute atomic E-state index is 0.103. The van der Waals surface area contributed by atoms with E-state index in [1.54, 1.807) is 74.0 Å². The fraction of sp³-hybridized carbons (Fsp3) is 0.200. The molecule has 9 nitrogen and oxygen atoms in total. The minimum Gasteiger partial charge on any atom is -0.423 e. The second kappa shape index (κ2) is 10.1. The van der Waals surface area contributed by atoms with Crippen molar-refractivity contribution in [1.82, 2.24) is 19.9 Å². The fourth-order valence-electron chi connectivity index (χ4n) is 3.37. The normalized spacial score (nSPS) is 10.8. The summed E-state index contributed by atoms with van der Waals surface area (Å²) in [5.74, 6) is 0.413. The largest absolute Gasteiger partial charge is 0.423 e. The van der Waals surface area contributed by atoms with E-state index in [0.29, 0.717) is 41.4 Å². The van der Waals surface area contributed by atoms with Gasteiger partial charge in [0.1, 0.15) is 0 Å². The number of hydrogen-bond acceptors (Lipinski definition) is 7. The summed E-state index contributed by atoms with van der Waals surface area (Å²) < 4.78 is 11.0. The van der Waals surface area contributed by atoms with Crippen molar-refractivity contribution in [3.63, 3.8) is 0 Å². The molecule has 9 heteroatoms. The molecule has 0 fully saturated rings. The van der Waals surface area contributed by atoms with Crippen LogP contribution in [0, 0.1) is 6.92 Å². The number of hydrogen-bond donors (Lipinski definition) is 2. The van der Waals surface area contributed by atoms with Crippen molar-refractivity contribution in [1.29, 1.82) is 0 Å². The Morgan fingerprint density at radius 2 is 2.06 bits per heavy atom. The smallest absolute Gasteiger partial charge is 0.299 e. The van der Waals surface area contributed by atoms with Crippen molar-refractivity contribution >= 4 is 17.6 Å². The maximum atomic E-state index is 12.7. The lowest BCUT2D eigenvalue weighted by Gasteiger charge is -2.17. The number of ether oxygens (including phenoxy) is 1. The average Bonchev–Trinajstić information content (AvgIpc) is 3.32. The molecule has 0 aliphatic carbocycles. The molecule has 0 aliphatic heterocycles. The number of nitrogens with one attached hydrogen (secondary N) is 2. The molecule has 2 N–H and O–H groups in total. The summed E-state index contributed by atoms with van der Waals surface area (Å²) in [6.45, 7) is 2.90. The van der Waals surface area contributed by atoms with Gasteiger partial charge in [-0.1, -0.05) is 6.07 Å². The van der Waals surface area contributed by atoms with Crippen molar-refractivity contribution in [3.8, 4) is 22.6 Å². The van der Waals surface area contributed by atoms with Crippen molar-refractivity contribution in [2.75, 3.05) is 32.6 Å². The fourth-order valence-corrected chi connectivity index (χ4v) is 3.37. The van der Waals surface area contributed by atoms with E-state index in [2.05, 4.69) is 20.3 Å². The molecule has 0 aliphatic rings. The highest BCUT2D eigenvalue weighted by Crippen LogP contribution is 2.28. The highest BCUT2D eigenvalue weighted by molar-refractivity contribution is 5.95. The monoisotopic (exact) mass is 459 g/mol. The van der Waals surface area contributed by atoms with Crippen LogP contribution in [0.25, 0.3) is 22.6 Å². The Labute approximate surface area is 196 Å². The van der Waals surface area contributed by atoms with E-state index < -0.39 is 0 Å². The zero-order valence-electron chi connectivity index (χ0n) is 19.2. The molecule has 0 unspecified atom stereocenters. The van der Waals surface area contributed by atoms with Crippen LogP contribution in [-0.2, 0) is 4.74 Å². The molecular formula is C25H25N5O4. The summed E-state index contributed by atoms with van der Waals surface area (Å²) in [7, 11) is 3.34. The van der Waals surface area contributed by atoms with Gasteiger partial charge in [-0.2, -0.15) is 0 Å². The molecular weight excluding hydrogens is 434 g/mol. The van der Waals surface area contributed by atoms with Crippen molar-refractivity contribution < 1.29 is 13.9 Å². The van der Waals surface area contributed by atoms with Gasteiger partial charge in [-0.3, -0.25) is 14.6 Å². The number of oxazole rings is 1. The van der Waals surface area contributed by atoms with Gasteiger partial charge in [0.2, 0.25) is 0 Å². The molecule has 34 heavy (non-hydrogen) atoms. The number of rotatable bonds is 8. The lowest BCUT2D eigenvalue weighted by atomic mass is 10.1. The minimum atomic E-state index is -0.218. The predicted octanol–water partition coefficient (Wildman–Crippen LogP) is 3.86. The lowest BCUT2D eigenvalue weighted by molar-refractivity contribution is 0.0744. The Hall–Kier alpha value is -4.24. The van der Waals surface area contributed by atoms with Crippen molar-refractivity contribution in [3.05, 3.63) is 82.5 Å². The third-order valence-corrected chi connectivity index (χ3v) is 5.35. The molecule has 0 bridgehead atoms. The number of H-pyrrole nitrogens is 1. The maximum absolute atomic E-state index is 12.7. The molecule has 0 spiro atoms. The summed E-state index contributed by atoms with van der Waals surface area (Å²) in [4.78, 5) is 37.7. The number of benzene rings is 1. The first-order valence-electron chi connectivity index (χ1n) is 10.7. The van der Waals surface area contributed by atoms with Gasteiger partial charge in [0, 0.05) is 49.9 Å². The molecule has 0 radical (unpaired) electrons. The van der Waals surface area contributed by atoms with Gasteiger partial charge < -0.3 is 24.4 Å². The van der Waals surface area contributed by atoms with Gasteiger partial charge >= 0.3 is 0 Å². The number of aromatic amines is 1. The second-order valence-electron chi connectivity index (χ2n) is 7.75. The third-order valence-electron chi connectivity index (χ3n) is 5.35. The van der Waals surface area contributed by atoms with Crippen LogP contribution in [0.3, 0.4) is 0 Å². The standard InChI is InChI=1S/C25H25N5O4/c1-16-6-7-18(24(32)30(2)11-12-33-3)14-20(16)29-25-28-15-22(34-25)17-8-10-26-21(13-17)19-5-4-9-27-23(19)31/h4-10,13-15H,11-12H2,1-3H3,(H,27,31)(H,28,29). The van der Waals surface area contributed by atoms with Crippen molar-refractivity contribution in [2.24, 2.45) is 0 Å². The van der Waals surface area contributed by atoms with Crippen molar-refractivity contribution in [2.45, 2.75) is 6.92 Å². The molecule has 4 rings (SSSR count). The van der Waals surface area contributed by atoms with Crippen LogP contribution in [0.2, 0.25) is 0 Å². The zero-order chi connectivity index (χ0) is 24.1. The highest BCUT2D eigenvalue weighted by Gasteiger charge is 2.15. The molecule has 3 heterocycles. The Morgan fingerprint density at radius 3 is 2.85 bits per heavy atom. The van der Waals surface area contributed by atoms with Crippen LogP contribution < -0.4 is 10.9 Å². The molecule has 0 atom stereocenters. The maximum Gasteiger partial charge on any atom is 0.299 e. The van der Waals surface area contributed by atoms with Gasteiger partial charge in [-0.05, 0) is 48.9 Å². The Bertz CT molecular complexity index is 1360. The zero-order valence-corrected chi connectivity index (χ0v) is 19.2. The Kier molecular flexibility index (Phi) is 6.84. The summed E-state index contributed by atoms with van der Waals surface area (Å²) in [6, 6.07) is 12.7. The SMILES string of the molecule is COCCN(C)C(=O)c1ccc(C)c(Nc2ncc(-c3ccnc(-c4ccc[nH]c4=O)c3)o2)c1. The number of aryl methyl sites for hydroxylation is 1. The number of aromatic nitrogens is 3. The number of likely N-dealkylation sites (N-methyl/N-ethyl adjacent to an activating group) is 1. The number of pyridine rings is 2. The molecule has 174 valence electrons. The highest BCUT2D eigenvalue weighted by atomic mass is 16.5. The summed E-state index contributed by atoms with van der Waals surface area (Å²) >= 11 is 0. The van der Waals surface area contributed by atoms with E-state index in [4.69, 9.17) is 9.15 Å². The molecule has 3 aromatic heterocycles. The molecule has 1 amide bonds. The van der Waals surface area contributed by atoms with E-state index >= 15 is 0 Å². The van der Waals surface area contributed by atoms with E-state index in [1.165, 1.54) is 0 Å². The van der Waals surface area contributed by atoms with Crippen LogP contribution in [0.15, 0.2) is 70.3 Å². The molecule has 0 saturated carbocycles. The average molecular weight is 460 g/mol. The summed E-state index contributed by atoms with van der Waals surface area (Å²) in [6.07, 6.45) is 4.79. The second-order valence-corrected chi connectivity index (χ2v) is 7.75. The quantitative estimate of drug-likeness (QED) is 0.411. The van der Waals surface area contributed by atoms with E-state index in [1.807, 2.05) is 13.0 Å². The predicted molar refractivity (Wildman–Crippen MR) is 129 cm³/mol. The topological polar surface area (TPSA) is 113 Å². The number of amides is 1. The first-order valence-corrected chi connectivity index (χ1v) is 10.7. The van der Waals surface area contributed by atoms with Crippen LogP contribution in [0.1, 0.15) is 15.9 Å². The van der Waals surface area contributed by atoms with Gasteiger partial charge in [0.25, 0.3) is 17.5 Å². The third kappa shape index (κ3) is 5.05. The Balaban J connectivity index is 1.55. The summed E-state index contributed by atoms with van der Waals surface area (Å²) in [5.41, 5.74) is 3.71. The van der Waals surface area contributed by atoms with E-state index in [9.17, 15) is 9.59 Å². The Morgan fingerprint density at radius 1 is 1.21 bits per heavy atom. The van der Waals surface area contributed by atoms with E-state index in [0.717, 1.165) is 11.1 Å². The number of methoxy groups -OCH3 is 1. The molecule has 1 aromatic carbocycles. The van der Waals surface area contributed by atoms with Crippen LogP contribution in [0.5, 0.6) is 0 Å². The van der Waals surface area contributed by atoms with Crippen LogP contribution >= 0.6 is 0 Å². The number of carbonyl (C=O) groups is 1. The number of nitrogens with zero attached hydrogens (tertiary/aromatic N) is 3. The van der Waals surface area contributed by atoms with Crippen LogP contribution in [-0.4, -0.2) is 53.1 Å². The number of carbonyl (C=O) groups excluding carboxylic acids is 1. The first kappa shape index (κ1) is 22.9.